The van der Waals surface area contributed by atoms with Gasteiger partial charge in [0.05, 0.1) is 24.0 Å². The Kier molecular flexibility index (Phi) is 6.71. The van der Waals surface area contributed by atoms with Crippen LogP contribution in [0.3, 0.4) is 0 Å². The number of hydrogen-bond donors (Lipinski definition) is 2. The van der Waals surface area contributed by atoms with Crippen LogP contribution in [0.15, 0.2) is 11.1 Å². The third-order valence-corrected chi connectivity index (χ3v) is 9.38. The molecule has 0 unspecified atom stereocenters. The number of carbonyl (C=O) groups is 3. The molecule has 2 fully saturated rings. The molecule has 186 valence electrons. The highest BCUT2D eigenvalue weighted by Gasteiger charge is 2.57. The van der Waals surface area contributed by atoms with E-state index in [0.29, 0.717) is 16.5 Å². The molecule has 7 heteroatoms. The lowest BCUT2D eigenvalue weighted by Crippen LogP contribution is -2.38. The third-order valence-electron chi connectivity index (χ3n) is 8.21. The standard InChI is InChI=1S/C27H37NO5S/c1-7-33-26(32)22-15-9-8-14(27(4,5)6)12-18(15)34-24(22)28-23(29)20-16-10-11-17(19(16)13(2)3)21(20)25(30)31/h14,16-17,20-21H,7-12H2,1-6H3,(H,28,29)(H,30,31)/t14-,16-,17+,20+,21+/m1/s1. The number of aliphatic carboxylic acids is 1. The monoisotopic (exact) mass is 487 g/mol. The molecule has 5 atom stereocenters. The molecular weight excluding hydrogens is 450 g/mol. The van der Waals surface area contributed by atoms with Crippen LogP contribution in [0.5, 0.6) is 0 Å². The lowest BCUT2D eigenvalue weighted by molar-refractivity contribution is -0.148. The van der Waals surface area contributed by atoms with Crippen LogP contribution in [0, 0.1) is 35.0 Å². The smallest absolute Gasteiger partial charge is 0.341 e. The summed E-state index contributed by atoms with van der Waals surface area (Å²) in [5, 5.41) is 13.5. The van der Waals surface area contributed by atoms with Crippen molar-refractivity contribution in [3.8, 4) is 0 Å². The molecule has 1 heterocycles. The number of rotatable bonds is 5. The van der Waals surface area contributed by atoms with Gasteiger partial charge in [0.15, 0.2) is 0 Å². The van der Waals surface area contributed by atoms with Gasteiger partial charge in [-0.15, -0.1) is 11.3 Å². The largest absolute Gasteiger partial charge is 0.481 e. The Hall–Kier alpha value is -2.15. The van der Waals surface area contributed by atoms with E-state index in [1.807, 2.05) is 13.8 Å². The van der Waals surface area contributed by atoms with E-state index in [2.05, 4.69) is 26.1 Å². The van der Waals surface area contributed by atoms with E-state index in [9.17, 15) is 19.5 Å². The number of nitrogens with one attached hydrogen (secondary N) is 1. The molecule has 1 amide bonds. The Bertz CT molecular complexity index is 1040. The number of carboxylic acid groups (broad SMARTS) is 1. The molecule has 1 aromatic rings. The van der Waals surface area contributed by atoms with Crippen LogP contribution in [-0.2, 0) is 27.2 Å². The number of ether oxygens (including phenoxy) is 1. The summed E-state index contributed by atoms with van der Waals surface area (Å²) >= 11 is 1.47. The minimum absolute atomic E-state index is 0.0398. The summed E-state index contributed by atoms with van der Waals surface area (Å²) in [6.07, 6.45) is 4.31. The van der Waals surface area contributed by atoms with Gasteiger partial charge in [0, 0.05) is 4.88 Å². The molecule has 6 nitrogen and oxygen atoms in total. The molecule has 4 rings (SSSR count). The van der Waals surface area contributed by atoms with E-state index in [4.69, 9.17) is 4.74 Å². The highest BCUT2D eigenvalue weighted by atomic mass is 32.1. The maximum atomic E-state index is 13.6. The van der Waals surface area contributed by atoms with Crippen LogP contribution < -0.4 is 5.32 Å². The highest BCUT2D eigenvalue weighted by molar-refractivity contribution is 7.17. The average molecular weight is 488 g/mol. The third kappa shape index (κ3) is 4.21. The number of carbonyl (C=O) groups excluding carboxylic acids is 2. The number of allylic oxidation sites excluding steroid dienone is 2. The summed E-state index contributed by atoms with van der Waals surface area (Å²) in [7, 11) is 0. The minimum Gasteiger partial charge on any atom is -0.481 e. The summed E-state index contributed by atoms with van der Waals surface area (Å²) < 4.78 is 5.37. The maximum absolute atomic E-state index is 13.6. The van der Waals surface area contributed by atoms with Gasteiger partial charge in [-0.05, 0) is 81.6 Å². The predicted octanol–water partition coefficient (Wildman–Crippen LogP) is 5.71. The molecule has 3 aliphatic carbocycles. The maximum Gasteiger partial charge on any atom is 0.341 e. The summed E-state index contributed by atoms with van der Waals surface area (Å²) in [6, 6.07) is 0. The van der Waals surface area contributed by atoms with Crippen LogP contribution in [0.4, 0.5) is 5.00 Å². The average Bonchev–Trinajstić information content (AvgIpc) is 3.41. The first-order chi connectivity index (χ1) is 16.0. The quantitative estimate of drug-likeness (QED) is 0.410. The Morgan fingerprint density at radius 1 is 1.09 bits per heavy atom. The van der Waals surface area contributed by atoms with Gasteiger partial charge < -0.3 is 15.2 Å². The van der Waals surface area contributed by atoms with Crippen molar-refractivity contribution in [1.82, 2.24) is 0 Å². The topological polar surface area (TPSA) is 92.7 Å². The fourth-order valence-electron chi connectivity index (χ4n) is 6.63. The summed E-state index contributed by atoms with van der Waals surface area (Å²) in [6.45, 7) is 12.8. The number of fused-ring (bicyclic) bond motifs is 3. The highest BCUT2D eigenvalue weighted by Crippen LogP contribution is 2.57. The van der Waals surface area contributed by atoms with Crippen molar-refractivity contribution in [3.63, 3.8) is 0 Å². The Morgan fingerprint density at radius 2 is 1.74 bits per heavy atom. The molecule has 0 radical (unpaired) electrons. The van der Waals surface area contributed by atoms with E-state index in [1.54, 1.807) is 6.92 Å². The zero-order valence-electron chi connectivity index (χ0n) is 21.1. The van der Waals surface area contributed by atoms with E-state index in [1.165, 1.54) is 11.3 Å². The van der Waals surface area contributed by atoms with Crippen LogP contribution in [0.25, 0.3) is 0 Å². The Morgan fingerprint density at radius 3 is 2.29 bits per heavy atom. The number of thiophene rings is 1. The van der Waals surface area contributed by atoms with E-state index in [-0.39, 0.29) is 29.8 Å². The zero-order valence-corrected chi connectivity index (χ0v) is 21.9. The van der Waals surface area contributed by atoms with Crippen molar-refractivity contribution in [2.45, 2.75) is 73.6 Å². The Labute approximate surface area is 206 Å². The number of anilines is 1. The first kappa shape index (κ1) is 25.0. The minimum atomic E-state index is -0.907. The molecular formula is C27H37NO5S. The van der Waals surface area contributed by atoms with Crippen molar-refractivity contribution in [2.75, 3.05) is 11.9 Å². The fourth-order valence-corrected chi connectivity index (χ4v) is 7.95. The number of carboxylic acids is 1. The van der Waals surface area contributed by atoms with Gasteiger partial charge in [0.1, 0.15) is 5.00 Å². The van der Waals surface area contributed by atoms with Crippen molar-refractivity contribution < 1.29 is 24.2 Å². The molecule has 3 aliphatic rings. The lowest BCUT2D eigenvalue weighted by Gasteiger charge is -2.33. The summed E-state index contributed by atoms with van der Waals surface area (Å²) in [4.78, 5) is 39.9. The molecule has 2 bridgehead atoms. The van der Waals surface area contributed by atoms with Crippen molar-refractivity contribution in [2.24, 2.45) is 35.0 Å². The molecule has 1 aromatic heterocycles. The lowest BCUT2D eigenvalue weighted by atomic mass is 9.72. The number of esters is 1. The van der Waals surface area contributed by atoms with Crippen LogP contribution in [0.1, 0.15) is 81.6 Å². The summed E-state index contributed by atoms with van der Waals surface area (Å²) in [5.74, 6) is -2.53. The van der Waals surface area contributed by atoms with Gasteiger partial charge in [-0.3, -0.25) is 9.59 Å². The predicted molar refractivity (Wildman–Crippen MR) is 133 cm³/mol. The van der Waals surface area contributed by atoms with Crippen LogP contribution in [0.2, 0.25) is 0 Å². The molecule has 0 aliphatic heterocycles. The van der Waals surface area contributed by atoms with Gasteiger partial charge in [-0.2, -0.15) is 0 Å². The summed E-state index contributed by atoms with van der Waals surface area (Å²) in [5.41, 5.74) is 3.90. The van der Waals surface area contributed by atoms with Crippen LogP contribution in [-0.4, -0.2) is 29.6 Å². The second-order valence-corrected chi connectivity index (χ2v) is 12.5. The molecule has 0 saturated heterocycles. The number of hydrogen-bond acceptors (Lipinski definition) is 5. The first-order valence-electron chi connectivity index (χ1n) is 12.5. The van der Waals surface area contributed by atoms with Gasteiger partial charge in [0.2, 0.25) is 5.91 Å². The van der Waals surface area contributed by atoms with Crippen molar-refractivity contribution >= 4 is 34.2 Å². The van der Waals surface area contributed by atoms with Gasteiger partial charge in [-0.1, -0.05) is 31.9 Å². The van der Waals surface area contributed by atoms with E-state index in [0.717, 1.165) is 53.7 Å². The molecule has 0 spiro atoms. The van der Waals surface area contributed by atoms with E-state index < -0.39 is 23.8 Å². The van der Waals surface area contributed by atoms with Crippen LogP contribution >= 0.6 is 11.3 Å². The van der Waals surface area contributed by atoms with Crippen molar-refractivity contribution in [1.29, 1.82) is 0 Å². The van der Waals surface area contributed by atoms with Gasteiger partial charge in [-0.25, -0.2) is 4.79 Å². The SMILES string of the molecule is CCOC(=O)c1c(NC(=O)[C@@H]2[C@@H](C(=O)O)[C@H]3CC[C@@H]2C3=C(C)C)sc2c1CC[C@@H](C(C)(C)C)C2. The normalized spacial score (nSPS) is 27.9. The van der Waals surface area contributed by atoms with Gasteiger partial charge in [0.25, 0.3) is 0 Å². The second-order valence-electron chi connectivity index (χ2n) is 11.4. The zero-order chi connectivity index (χ0) is 24.9. The molecule has 34 heavy (non-hydrogen) atoms. The van der Waals surface area contributed by atoms with E-state index >= 15 is 0 Å². The second kappa shape index (κ2) is 9.14. The van der Waals surface area contributed by atoms with Gasteiger partial charge >= 0.3 is 11.9 Å². The van der Waals surface area contributed by atoms with Crippen molar-refractivity contribution in [3.05, 3.63) is 27.2 Å². The first-order valence-corrected chi connectivity index (χ1v) is 13.3. The molecule has 2 saturated carbocycles. The molecule has 2 N–H and O–H groups in total. The number of amides is 1. The Balaban J connectivity index is 1.68. The fraction of sp³-hybridized carbons (Fsp3) is 0.667. The molecule has 0 aromatic carbocycles.